The summed E-state index contributed by atoms with van der Waals surface area (Å²) in [7, 11) is 0. The van der Waals surface area contributed by atoms with Crippen LogP contribution in [-0.2, 0) is 0 Å². The molecule has 0 aliphatic heterocycles. The molecule has 0 bridgehead atoms. The van der Waals surface area contributed by atoms with Crippen molar-refractivity contribution in [3.05, 3.63) is 200 Å². The Morgan fingerprint density at radius 2 is 0.855 bits per heavy atom. The van der Waals surface area contributed by atoms with Crippen molar-refractivity contribution in [1.29, 1.82) is 0 Å². The summed E-state index contributed by atoms with van der Waals surface area (Å²) in [5.74, 6) is 0. The smallest absolute Gasteiger partial charge is 0.0540 e. The van der Waals surface area contributed by atoms with E-state index in [1.807, 2.05) is 22.7 Å². The zero-order valence-electron chi connectivity index (χ0n) is 29.8. The molecule has 0 fully saturated rings. The van der Waals surface area contributed by atoms with Gasteiger partial charge in [-0.2, -0.15) is 0 Å². The number of para-hydroxylation sites is 2. The molecule has 0 atom stereocenters. The molecule has 0 radical (unpaired) electrons. The molecule has 55 heavy (non-hydrogen) atoms. The maximum absolute atomic E-state index is 2.48. The van der Waals surface area contributed by atoms with Gasteiger partial charge in [0.1, 0.15) is 0 Å². The number of benzene rings is 9. The third-order valence-corrected chi connectivity index (χ3v) is 13.1. The van der Waals surface area contributed by atoms with Crippen LogP contribution in [0.3, 0.4) is 0 Å². The number of fused-ring (bicyclic) bond motifs is 7. The van der Waals surface area contributed by atoms with Crippen LogP contribution in [0.4, 0.5) is 17.1 Å². The molecule has 11 rings (SSSR count). The van der Waals surface area contributed by atoms with Crippen LogP contribution in [0.15, 0.2) is 200 Å². The van der Waals surface area contributed by atoms with Crippen LogP contribution in [0.2, 0.25) is 0 Å². The van der Waals surface area contributed by atoms with Crippen molar-refractivity contribution in [3.8, 4) is 33.4 Å². The van der Waals surface area contributed by atoms with Gasteiger partial charge in [-0.25, -0.2) is 0 Å². The van der Waals surface area contributed by atoms with Crippen LogP contribution in [0, 0.1) is 0 Å². The highest BCUT2D eigenvalue weighted by Gasteiger charge is 2.22. The van der Waals surface area contributed by atoms with Gasteiger partial charge in [0.05, 0.1) is 11.4 Å². The summed E-state index contributed by atoms with van der Waals surface area (Å²) in [5.41, 5.74) is 10.6. The van der Waals surface area contributed by atoms with Crippen LogP contribution in [0.25, 0.3) is 84.5 Å². The molecule has 0 saturated carbocycles. The molecule has 2 aromatic heterocycles. The van der Waals surface area contributed by atoms with Gasteiger partial charge in [-0.3, -0.25) is 0 Å². The van der Waals surface area contributed by atoms with E-state index >= 15 is 0 Å². The van der Waals surface area contributed by atoms with E-state index in [1.54, 1.807) is 0 Å². The number of nitrogens with zero attached hydrogens (tertiary/aromatic N) is 1. The van der Waals surface area contributed by atoms with E-state index in [9.17, 15) is 0 Å². The van der Waals surface area contributed by atoms with E-state index in [2.05, 4.69) is 205 Å². The van der Waals surface area contributed by atoms with Crippen molar-refractivity contribution in [2.45, 2.75) is 0 Å². The van der Waals surface area contributed by atoms with Gasteiger partial charge in [-0.15, -0.1) is 22.7 Å². The highest BCUT2D eigenvalue weighted by Crippen LogP contribution is 2.47. The third-order valence-electron chi connectivity index (χ3n) is 10.9. The summed E-state index contributed by atoms with van der Waals surface area (Å²) in [6, 6.07) is 73.6. The second kappa shape index (κ2) is 13.1. The lowest BCUT2D eigenvalue weighted by Gasteiger charge is -2.30. The highest BCUT2D eigenvalue weighted by atomic mass is 32.1. The van der Waals surface area contributed by atoms with Crippen molar-refractivity contribution >= 4 is 90.9 Å². The first-order chi connectivity index (χ1) is 27.3. The lowest BCUT2D eigenvalue weighted by atomic mass is 9.96. The Labute approximate surface area is 327 Å². The largest absolute Gasteiger partial charge is 0.309 e. The molecule has 0 saturated heterocycles. The minimum atomic E-state index is 1.11. The van der Waals surface area contributed by atoms with Gasteiger partial charge in [0, 0.05) is 57.2 Å². The molecule has 0 aliphatic carbocycles. The molecule has 11 aromatic rings. The average molecular weight is 736 g/mol. The SMILES string of the molecule is c1cc(-c2cccc3sc4ccccc4c23)cc(N(c2ccccc2-c2ccc3ccccc3c2)c2ccccc2-c2ccc3c(c2)sc2ccccc23)c1. The van der Waals surface area contributed by atoms with Gasteiger partial charge in [0.2, 0.25) is 0 Å². The first-order valence-corrected chi connectivity index (χ1v) is 20.3. The Balaban J connectivity index is 1.15. The molecule has 0 N–H and O–H groups in total. The fourth-order valence-electron chi connectivity index (χ4n) is 8.31. The number of hydrogen-bond donors (Lipinski definition) is 0. The maximum atomic E-state index is 2.48. The standard InChI is InChI=1S/C52H33NS2/c1-2-14-35-31-37(28-27-34(35)13-1)40-17-3-7-22-46(40)53(39-16-11-15-36(32-39)42-21-12-26-50-52(42)45-20-6-10-25-49(45)54-50)47-23-8-4-18-41(47)38-29-30-44-43-19-5-9-24-48(43)55-51(44)33-38/h1-33H. The number of hydrogen-bond acceptors (Lipinski definition) is 3. The molecule has 9 aromatic carbocycles. The minimum Gasteiger partial charge on any atom is -0.309 e. The van der Waals surface area contributed by atoms with E-state index < -0.39 is 0 Å². The Bertz CT molecular complexity index is 3240. The first-order valence-electron chi connectivity index (χ1n) is 18.7. The van der Waals surface area contributed by atoms with Gasteiger partial charge in [-0.1, -0.05) is 146 Å². The van der Waals surface area contributed by atoms with Gasteiger partial charge in [0.15, 0.2) is 0 Å². The summed E-state index contributed by atoms with van der Waals surface area (Å²) in [4.78, 5) is 2.48. The summed E-state index contributed by atoms with van der Waals surface area (Å²) >= 11 is 3.73. The monoisotopic (exact) mass is 735 g/mol. The summed E-state index contributed by atoms with van der Waals surface area (Å²) in [6.45, 7) is 0. The molecule has 0 spiro atoms. The zero-order valence-corrected chi connectivity index (χ0v) is 31.4. The van der Waals surface area contributed by atoms with E-state index in [4.69, 9.17) is 0 Å². The Kier molecular flexibility index (Phi) is 7.61. The van der Waals surface area contributed by atoms with Gasteiger partial charge < -0.3 is 4.90 Å². The van der Waals surface area contributed by atoms with Crippen LogP contribution >= 0.6 is 22.7 Å². The summed E-state index contributed by atoms with van der Waals surface area (Å²) < 4.78 is 5.25. The fourth-order valence-corrected chi connectivity index (χ4v) is 10.6. The third kappa shape index (κ3) is 5.43. The van der Waals surface area contributed by atoms with Crippen LogP contribution < -0.4 is 4.90 Å². The highest BCUT2D eigenvalue weighted by molar-refractivity contribution is 7.26. The molecule has 3 heteroatoms. The first kappa shape index (κ1) is 32.0. The van der Waals surface area contributed by atoms with E-state index in [-0.39, 0.29) is 0 Å². The zero-order chi connectivity index (χ0) is 36.3. The Hall–Kier alpha value is -6.52. The Morgan fingerprint density at radius 1 is 0.309 bits per heavy atom. The summed E-state index contributed by atoms with van der Waals surface area (Å²) in [6.07, 6.45) is 0. The number of rotatable bonds is 6. The number of thiophene rings is 2. The fraction of sp³-hybridized carbons (Fsp3) is 0. The maximum Gasteiger partial charge on any atom is 0.0540 e. The van der Waals surface area contributed by atoms with E-state index in [0.29, 0.717) is 0 Å². The normalized spacial score (nSPS) is 11.6. The van der Waals surface area contributed by atoms with Crippen LogP contribution in [-0.4, -0.2) is 0 Å². The number of anilines is 3. The molecule has 1 nitrogen and oxygen atoms in total. The molecular formula is C52H33NS2. The predicted molar refractivity (Wildman–Crippen MR) is 241 cm³/mol. The quantitative estimate of drug-likeness (QED) is 0.164. The van der Waals surface area contributed by atoms with Gasteiger partial charge >= 0.3 is 0 Å². The molecule has 0 unspecified atom stereocenters. The second-order valence-electron chi connectivity index (χ2n) is 14.1. The molecule has 0 amide bonds. The van der Waals surface area contributed by atoms with E-state index in [1.165, 1.54) is 84.5 Å². The lowest BCUT2D eigenvalue weighted by molar-refractivity contribution is 1.28. The molecule has 258 valence electrons. The van der Waals surface area contributed by atoms with Crippen molar-refractivity contribution in [1.82, 2.24) is 0 Å². The lowest BCUT2D eigenvalue weighted by Crippen LogP contribution is -2.12. The van der Waals surface area contributed by atoms with Crippen LogP contribution in [0.5, 0.6) is 0 Å². The minimum absolute atomic E-state index is 1.11. The second-order valence-corrected chi connectivity index (χ2v) is 16.2. The summed E-state index contributed by atoms with van der Waals surface area (Å²) in [5, 5.41) is 7.73. The van der Waals surface area contributed by atoms with Gasteiger partial charge in [0.25, 0.3) is 0 Å². The van der Waals surface area contributed by atoms with Crippen molar-refractivity contribution < 1.29 is 0 Å². The van der Waals surface area contributed by atoms with Crippen LogP contribution in [0.1, 0.15) is 0 Å². The predicted octanol–water partition coefficient (Wildman–Crippen LogP) is 16.0. The molecular weight excluding hydrogens is 703 g/mol. The average Bonchev–Trinajstić information content (AvgIpc) is 3.82. The van der Waals surface area contributed by atoms with Crippen molar-refractivity contribution in [2.75, 3.05) is 4.90 Å². The topological polar surface area (TPSA) is 3.24 Å². The van der Waals surface area contributed by atoms with E-state index in [0.717, 1.165) is 17.1 Å². The molecule has 2 heterocycles. The van der Waals surface area contributed by atoms with Gasteiger partial charge in [-0.05, 0) is 87.6 Å². The van der Waals surface area contributed by atoms with Crippen molar-refractivity contribution in [3.63, 3.8) is 0 Å². The van der Waals surface area contributed by atoms with Crippen molar-refractivity contribution in [2.24, 2.45) is 0 Å². The molecule has 0 aliphatic rings. The Morgan fingerprint density at radius 3 is 1.67 bits per heavy atom.